The third-order valence-electron chi connectivity index (χ3n) is 2.31. The van der Waals surface area contributed by atoms with Gasteiger partial charge in [0.15, 0.2) is 5.03 Å². The number of nitrogens with one attached hydrogen (secondary N) is 2. The zero-order valence-corrected chi connectivity index (χ0v) is 10.3. The Hall–Kier alpha value is -1.67. The Balaban J connectivity index is 2.11. The van der Waals surface area contributed by atoms with E-state index in [1.54, 1.807) is 30.9 Å². The van der Waals surface area contributed by atoms with Gasteiger partial charge in [-0.05, 0) is 6.92 Å². The van der Waals surface area contributed by atoms with Crippen molar-refractivity contribution >= 4 is 10.0 Å². The van der Waals surface area contributed by atoms with Crippen LogP contribution in [-0.4, -0.2) is 27.9 Å². The Morgan fingerprint density at radius 3 is 2.76 bits per heavy atom. The highest BCUT2D eigenvalue weighted by atomic mass is 32.2. The molecule has 8 heteroatoms. The third kappa shape index (κ3) is 2.53. The van der Waals surface area contributed by atoms with Crippen LogP contribution in [-0.2, 0) is 23.6 Å². The molecule has 7 nitrogen and oxygen atoms in total. The van der Waals surface area contributed by atoms with E-state index in [-0.39, 0.29) is 11.6 Å². The molecule has 0 saturated carbocycles. The lowest BCUT2D eigenvalue weighted by atomic mass is 10.6. The first-order valence-corrected chi connectivity index (χ1v) is 6.45. The van der Waals surface area contributed by atoms with Gasteiger partial charge in [-0.3, -0.25) is 0 Å². The largest absolute Gasteiger partial charge is 0.337 e. The minimum absolute atomic E-state index is 0.0595. The monoisotopic (exact) mass is 255 g/mol. The molecule has 0 aromatic carbocycles. The van der Waals surface area contributed by atoms with Crippen LogP contribution in [0.1, 0.15) is 11.6 Å². The zero-order valence-electron chi connectivity index (χ0n) is 9.51. The summed E-state index contributed by atoms with van der Waals surface area (Å²) in [4.78, 5) is 10.6. The predicted molar refractivity (Wildman–Crippen MR) is 60.6 cm³/mol. The quantitative estimate of drug-likeness (QED) is 0.799. The van der Waals surface area contributed by atoms with Crippen molar-refractivity contribution in [1.82, 2.24) is 24.2 Å². The highest BCUT2D eigenvalue weighted by molar-refractivity contribution is 7.89. The lowest BCUT2D eigenvalue weighted by Gasteiger charge is -2.04. The van der Waals surface area contributed by atoms with Gasteiger partial charge in [0.25, 0.3) is 10.0 Å². The van der Waals surface area contributed by atoms with Crippen molar-refractivity contribution in [3.05, 3.63) is 30.2 Å². The molecule has 2 rings (SSSR count). The molecule has 2 aromatic rings. The molecule has 2 N–H and O–H groups in total. The van der Waals surface area contributed by atoms with Crippen LogP contribution in [0.25, 0.3) is 0 Å². The number of aryl methyl sites for hydroxylation is 2. The highest BCUT2D eigenvalue weighted by Crippen LogP contribution is 2.05. The number of H-pyrrole nitrogens is 1. The van der Waals surface area contributed by atoms with Crippen LogP contribution in [0.5, 0.6) is 0 Å². The summed E-state index contributed by atoms with van der Waals surface area (Å²) in [5, 5.41) is 0.0595. The molecule has 0 aliphatic carbocycles. The molecule has 17 heavy (non-hydrogen) atoms. The third-order valence-corrected chi connectivity index (χ3v) is 3.62. The Bertz CT molecular complexity index is 613. The Morgan fingerprint density at radius 2 is 2.24 bits per heavy atom. The molecule has 0 spiro atoms. The second-order valence-electron chi connectivity index (χ2n) is 3.61. The first-order valence-electron chi connectivity index (χ1n) is 4.96. The van der Waals surface area contributed by atoms with Gasteiger partial charge in [-0.25, -0.2) is 23.1 Å². The van der Waals surface area contributed by atoms with E-state index < -0.39 is 10.0 Å². The molecule has 0 amide bonds. The summed E-state index contributed by atoms with van der Waals surface area (Å²) in [5.41, 5.74) is 0. The van der Waals surface area contributed by atoms with Gasteiger partial charge in [0.2, 0.25) is 0 Å². The van der Waals surface area contributed by atoms with Gasteiger partial charge in [-0.15, -0.1) is 0 Å². The second kappa shape index (κ2) is 4.30. The number of aromatic nitrogens is 4. The van der Waals surface area contributed by atoms with Gasteiger partial charge in [-0.2, -0.15) is 0 Å². The van der Waals surface area contributed by atoms with Crippen LogP contribution < -0.4 is 4.72 Å². The number of hydrogen-bond donors (Lipinski definition) is 2. The van der Waals surface area contributed by atoms with Crippen LogP contribution in [0.3, 0.4) is 0 Å². The average molecular weight is 255 g/mol. The standard InChI is InChI=1S/C9H13N5O2S/c1-7-11-6-9(13-7)17(15,16)12-5-8-10-3-4-14(8)2/h3-4,6,12H,5H2,1-2H3,(H,11,13). The molecule has 0 radical (unpaired) electrons. The van der Waals surface area contributed by atoms with E-state index in [1.807, 2.05) is 0 Å². The van der Waals surface area contributed by atoms with Gasteiger partial charge in [-0.1, -0.05) is 0 Å². The van der Waals surface area contributed by atoms with Crippen molar-refractivity contribution in [2.45, 2.75) is 18.5 Å². The fourth-order valence-electron chi connectivity index (χ4n) is 1.34. The number of rotatable bonds is 4. The van der Waals surface area contributed by atoms with Crippen molar-refractivity contribution in [2.24, 2.45) is 7.05 Å². The Labute approximate surface area is 99.0 Å². The fourth-order valence-corrected chi connectivity index (χ4v) is 2.29. The summed E-state index contributed by atoms with van der Waals surface area (Å²) in [6.07, 6.45) is 4.66. The molecule has 0 aliphatic heterocycles. The molecule has 0 unspecified atom stereocenters. The number of sulfonamides is 1. The smallest absolute Gasteiger partial charge is 0.258 e. The molecule has 0 aliphatic rings. The van der Waals surface area contributed by atoms with E-state index in [0.29, 0.717) is 11.6 Å². The minimum Gasteiger partial charge on any atom is -0.337 e. The Kier molecular flexibility index (Phi) is 2.99. The van der Waals surface area contributed by atoms with Gasteiger partial charge in [0, 0.05) is 19.4 Å². The van der Waals surface area contributed by atoms with E-state index in [9.17, 15) is 8.42 Å². The van der Waals surface area contributed by atoms with Crippen LogP contribution in [0, 0.1) is 6.92 Å². The number of hydrogen-bond acceptors (Lipinski definition) is 4. The first kappa shape index (κ1) is 11.8. The zero-order chi connectivity index (χ0) is 12.5. The number of imidazole rings is 2. The molecule has 0 saturated heterocycles. The summed E-state index contributed by atoms with van der Waals surface area (Å²) < 4.78 is 27.9. The van der Waals surface area contributed by atoms with E-state index in [4.69, 9.17) is 0 Å². The lowest BCUT2D eigenvalue weighted by Crippen LogP contribution is -2.25. The van der Waals surface area contributed by atoms with E-state index in [2.05, 4.69) is 19.7 Å². The summed E-state index contributed by atoms with van der Waals surface area (Å²) in [6.45, 7) is 1.83. The van der Waals surface area contributed by atoms with Crippen LogP contribution in [0.4, 0.5) is 0 Å². The van der Waals surface area contributed by atoms with Crippen molar-refractivity contribution in [3.8, 4) is 0 Å². The van der Waals surface area contributed by atoms with Crippen LogP contribution >= 0.6 is 0 Å². The second-order valence-corrected chi connectivity index (χ2v) is 5.35. The Morgan fingerprint density at radius 1 is 1.47 bits per heavy atom. The number of nitrogens with zero attached hydrogens (tertiary/aromatic N) is 3. The van der Waals surface area contributed by atoms with Crippen molar-refractivity contribution in [2.75, 3.05) is 0 Å². The van der Waals surface area contributed by atoms with Crippen molar-refractivity contribution < 1.29 is 8.42 Å². The average Bonchev–Trinajstić information content (AvgIpc) is 2.85. The van der Waals surface area contributed by atoms with E-state index in [1.165, 1.54) is 6.20 Å². The molecule has 92 valence electrons. The number of aromatic amines is 1. The summed E-state index contributed by atoms with van der Waals surface area (Å²) in [6, 6.07) is 0. The fraction of sp³-hybridized carbons (Fsp3) is 0.333. The van der Waals surface area contributed by atoms with Gasteiger partial charge in [0.05, 0.1) is 12.7 Å². The van der Waals surface area contributed by atoms with E-state index in [0.717, 1.165) is 0 Å². The summed E-state index contributed by atoms with van der Waals surface area (Å²) in [7, 11) is -1.75. The molecule has 2 heterocycles. The predicted octanol–water partition coefficient (Wildman–Crippen LogP) is -0.0699. The van der Waals surface area contributed by atoms with Gasteiger partial charge in [0.1, 0.15) is 11.6 Å². The SMILES string of the molecule is Cc1ncc(S(=O)(=O)NCc2nccn2C)[nH]1. The summed E-state index contributed by atoms with van der Waals surface area (Å²) >= 11 is 0. The minimum atomic E-state index is -3.55. The normalized spacial score (nSPS) is 11.9. The molecule has 0 fully saturated rings. The van der Waals surface area contributed by atoms with Crippen LogP contribution in [0.2, 0.25) is 0 Å². The molecule has 0 bridgehead atoms. The lowest BCUT2D eigenvalue weighted by molar-refractivity contribution is 0.574. The topological polar surface area (TPSA) is 92.7 Å². The molecule has 2 aromatic heterocycles. The maximum absolute atomic E-state index is 11.8. The van der Waals surface area contributed by atoms with Crippen molar-refractivity contribution in [3.63, 3.8) is 0 Å². The summed E-state index contributed by atoms with van der Waals surface area (Å²) in [5.74, 6) is 1.20. The van der Waals surface area contributed by atoms with Gasteiger partial charge < -0.3 is 9.55 Å². The maximum Gasteiger partial charge on any atom is 0.258 e. The van der Waals surface area contributed by atoms with Crippen LogP contribution in [0.15, 0.2) is 23.6 Å². The van der Waals surface area contributed by atoms with Crippen molar-refractivity contribution in [1.29, 1.82) is 0 Å². The van der Waals surface area contributed by atoms with Gasteiger partial charge >= 0.3 is 0 Å². The first-order chi connectivity index (χ1) is 7.99. The maximum atomic E-state index is 11.8. The molecular weight excluding hydrogens is 242 g/mol. The van der Waals surface area contributed by atoms with E-state index >= 15 is 0 Å². The molecule has 0 atom stereocenters. The highest BCUT2D eigenvalue weighted by Gasteiger charge is 2.16. The molecular formula is C9H13N5O2S.